The van der Waals surface area contributed by atoms with Crippen LogP contribution in [0.15, 0.2) is 78.9 Å². The van der Waals surface area contributed by atoms with Crippen LogP contribution in [0.25, 0.3) is 5.32 Å². The summed E-state index contributed by atoms with van der Waals surface area (Å²) in [5, 5.41) is 3.81. The first-order chi connectivity index (χ1) is 25.2. The number of nitrogens with zero attached hydrogens (tertiary/aromatic N) is 2. The van der Waals surface area contributed by atoms with E-state index in [9.17, 15) is 0 Å². The van der Waals surface area contributed by atoms with Crippen molar-refractivity contribution < 1.29 is 17.9 Å². The Kier molecular flexibility index (Phi) is 17.2. The Hall–Kier alpha value is -1.08. The number of alkyl halides is 2. The number of halogens is 2. The Morgan fingerprint density at radius 2 is 1.10 bits per heavy atom. The normalized spacial score (nSPS) is 23.2. The Balaban J connectivity index is 0.000000170. The third kappa shape index (κ3) is 11.0. The third-order valence-electron chi connectivity index (χ3n) is 11.9. The van der Waals surface area contributed by atoms with Gasteiger partial charge in [-0.25, -0.2) is 0 Å². The van der Waals surface area contributed by atoms with Crippen LogP contribution in [0, 0.1) is 0 Å². The quantitative estimate of drug-likeness (QED) is 0.0955. The van der Waals surface area contributed by atoms with Crippen molar-refractivity contribution in [2.75, 3.05) is 11.4 Å². The maximum absolute atomic E-state index is 7.19. The van der Waals surface area contributed by atoms with Gasteiger partial charge in [0, 0.05) is 13.6 Å². The van der Waals surface area contributed by atoms with E-state index in [1.54, 1.807) is 96.3 Å². The number of hydrogen-bond acceptors (Lipinski definition) is 1. The Labute approximate surface area is 338 Å². The van der Waals surface area contributed by atoms with E-state index in [2.05, 4.69) is 99.0 Å². The topological polar surface area (TPSA) is 17.3 Å². The molecule has 2 atom stereocenters. The zero-order valence-corrected chi connectivity index (χ0v) is 36.6. The minimum atomic E-state index is -0.974. The molecule has 0 amide bonds. The molecule has 1 heterocycles. The molecule has 4 aliphatic rings. The monoisotopic (exact) mass is 848 g/mol. The van der Waals surface area contributed by atoms with Crippen LogP contribution in [0.5, 0.6) is 0 Å². The standard InChI is InChI=1S/C21H25Cl2N2.C18H33P.C7H6.Ru/c1-14(2)16-9-5-7-11-18(16)21(23)24-13-20(22)25(21)19-12-8-6-10-17(19)15(3)4;1-4-10-16(11-5-1)19(17-12-6-2-7-13-17)18-14-8-3-9-15-18;1-7-5-3-2-4-6-7;/h5-12,14-15,20H,13H2,1-4H3;16-18H,1-15H2;1-6H;/q-1;;;+1/p+1. The summed E-state index contributed by atoms with van der Waals surface area (Å²) < 4.78 is 2.01. The maximum atomic E-state index is 7.19. The number of anilines is 1. The van der Waals surface area contributed by atoms with Gasteiger partial charge in [-0.15, -0.1) is 29.7 Å². The molecule has 285 valence electrons. The number of hydrogen-bond donors (Lipinski definition) is 0. The minimum absolute atomic E-state index is 0.0465. The first-order valence-electron chi connectivity index (χ1n) is 20.6. The average Bonchev–Trinajstić information content (AvgIpc) is 3.51. The van der Waals surface area contributed by atoms with E-state index in [1.165, 1.54) is 33.7 Å². The number of para-hydroxylation sites is 1. The van der Waals surface area contributed by atoms with Gasteiger partial charge in [0.05, 0.1) is 27.6 Å². The molecule has 6 heteroatoms. The van der Waals surface area contributed by atoms with Crippen LogP contribution in [0.4, 0.5) is 5.69 Å². The molecule has 7 rings (SSSR count). The van der Waals surface area contributed by atoms with E-state index in [1.807, 2.05) is 34.9 Å². The van der Waals surface area contributed by atoms with Gasteiger partial charge < -0.3 is 10.2 Å². The third-order valence-corrected chi connectivity index (χ3v) is 17.9. The van der Waals surface area contributed by atoms with Crippen molar-refractivity contribution in [3.63, 3.8) is 0 Å². The number of benzene rings is 3. The van der Waals surface area contributed by atoms with Crippen molar-refractivity contribution in [3.05, 3.63) is 106 Å². The molecule has 1 saturated heterocycles. The predicted molar refractivity (Wildman–Crippen MR) is 229 cm³/mol. The SMILES string of the molecule is C1CCC([PH+](C2CCCCC2)C2CCCCC2)CC1.CC(C)c1ccccc1N1C(Cl)C[N-]C1(Cl)c1ccccc1C(C)C.[Ru+]=[CH]c1ccccc1. The van der Waals surface area contributed by atoms with Crippen LogP contribution in [0.2, 0.25) is 0 Å². The Morgan fingerprint density at radius 1 is 0.654 bits per heavy atom. The second-order valence-corrected chi connectivity index (χ2v) is 21.2. The van der Waals surface area contributed by atoms with Crippen LogP contribution >= 0.6 is 31.1 Å². The molecule has 0 spiro atoms. The van der Waals surface area contributed by atoms with E-state index in [4.69, 9.17) is 28.5 Å². The molecule has 0 N–H and O–H groups in total. The van der Waals surface area contributed by atoms with Gasteiger partial charge in [0.25, 0.3) is 0 Å². The summed E-state index contributed by atoms with van der Waals surface area (Å²) in [6.07, 6.45) is 23.8. The molecule has 3 aromatic carbocycles. The van der Waals surface area contributed by atoms with Crippen LogP contribution in [0.1, 0.15) is 158 Å². The molecule has 4 fully saturated rings. The van der Waals surface area contributed by atoms with E-state index in [0.717, 1.165) is 11.3 Å². The van der Waals surface area contributed by atoms with E-state index in [0.29, 0.717) is 18.4 Å². The molecular weight excluding hydrogens is 783 g/mol. The van der Waals surface area contributed by atoms with E-state index < -0.39 is 5.12 Å². The summed E-state index contributed by atoms with van der Waals surface area (Å²) in [5.74, 6) is 0.737. The van der Waals surface area contributed by atoms with Crippen LogP contribution in [0.3, 0.4) is 0 Å². The van der Waals surface area contributed by atoms with Gasteiger partial charge in [-0.3, -0.25) is 0 Å². The molecule has 0 aromatic heterocycles. The summed E-state index contributed by atoms with van der Waals surface area (Å²) in [6.45, 7) is 9.24. The fourth-order valence-electron chi connectivity index (χ4n) is 9.38. The molecule has 3 aliphatic carbocycles. The molecule has 1 aliphatic heterocycles. The van der Waals surface area contributed by atoms with Gasteiger partial charge in [-0.1, -0.05) is 89.4 Å². The summed E-state index contributed by atoms with van der Waals surface area (Å²) >= 11 is 16.4. The molecule has 3 saturated carbocycles. The molecular formula is C46H65Cl2N2PRu+. The molecule has 2 unspecified atom stereocenters. The predicted octanol–water partition coefficient (Wildman–Crippen LogP) is 14.3. The summed E-state index contributed by atoms with van der Waals surface area (Å²) in [7, 11) is -0.0465. The summed E-state index contributed by atoms with van der Waals surface area (Å²) in [5.41, 5.74) is 9.19. The van der Waals surface area contributed by atoms with Gasteiger partial charge in [-0.2, -0.15) is 0 Å². The van der Waals surface area contributed by atoms with Gasteiger partial charge in [0.15, 0.2) is 0 Å². The van der Waals surface area contributed by atoms with Gasteiger partial charge in [0.2, 0.25) is 0 Å². The second kappa shape index (κ2) is 21.3. The first kappa shape index (κ1) is 42.1. The van der Waals surface area contributed by atoms with Crippen molar-refractivity contribution in [2.24, 2.45) is 0 Å². The fourth-order valence-corrected chi connectivity index (χ4v) is 15.8. The Bertz CT molecular complexity index is 1440. The molecule has 52 heavy (non-hydrogen) atoms. The van der Waals surface area contributed by atoms with Crippen molar-refractivity contribution >= 4 is 41.4 Å². The van der Waals surface area contributed by atoms with Gasteiger partial charge in [-0.05, 0) is 112 Å². The summed E-state index contributed by atoms with van der Waals surface area (Å²) in [4.78, 5) is 2.08. The molecule has 3 aromatic rings. The van der Waals surface area contributed by atoms with E-state index >= 15 is 0 Å². The molecule has 2 nitrogen and oxygen atoms in total. The Morgan fingerprint density at radius 3 is 1.56 bits per heavy atom. The zero-order chi connectivity index (χ0) is 36.9. The molecule has 0 radical (unpaired) electrons. The zero-order valence-electron chi connectivity index (χ0n) is 32.4. The van der Waals surface area contributed by atoms with Crippen molar-refractivity contribution in [2.45, 2.75) is 163 Å². The average molecular weight is 849 g/mol. The van der Waals surface area contributed by atoms with Gasteiger partial charge >= 0.3 is 58.4 Å². The van der Waals surface area contributed by atoms with Crippen LogP contribution in [-0.2, 0) is 23.0 Å². The second-order valence-electron chi connectivity index (χ2n) is 16.2. The summed E-state index contributed by atoms with van der Waals surface area (Å²) in [6, 6.07) is 26.8. The van der Waals surface area contributed by atoms with Crippen molar-refractivity contribution in [3.8, 4) is 0 Å². The van der Waals surface area contributed by atoms with Crippen LogP contribution < -0.4 is 4.90 Å². The van der Waals surface area contributed by atoms with Crippen LogP contribution in [-0.4, -0.2) is 33.6 Å². The first-order valence-corrected chi connectivity index (χ1v) is 24.1. The van der Waals surface area contributed by atoms with Crippen molar-refractivity contribution in [1.29, 1.82) is 0 Å². The number of rotatable bonds is 8. The van der Waals surface area contributed by atoms with Crippen molar-refractivity contribution in [1.82, 2.24) is 0 Å². The van der Waals surface area contributed by atoms with E-state index in [-0.39, 0.29) is 13.4 Å². The fraction of sp³-hybridized carbons (Fsp3) is 0.587. The molecule has 0 bridgehead atoms. The van der Waals surface area contributed by atoms with Gasteiger partial charge in [0.1, 0.15) is 0 Å².